The molecular weight excluding hydrogens is 567 g/mol. The number of furan rings is 1. The molecule has 0 saturated heterocycles. The maximum Gasteiger partial charge on any atom is 0.159 e. The monoisotopic (exact) mass is 591 g/mol. The predicted octanol–water partition coefficient (Wildman–Crippen LogP) is 12.4. The van der Waals surface area contributed by atoms with Crippen molar-refractivity contribution >= 4 is 75.3 Å². The third kappa shape index (κ3) is 3.62. The van der Waals surface area contributed by atoms with Gasteiger partial charge in [0.1, 0.15) is 5.58 Å². The van der Waals surface area contributed by atoms with Gasteiger partial charge in [0, 0.05) is 41.7 Å². The van der Waals surface area contributed by atoms with Crippen molar-refractivity contribution in [3.05, 3.63) is 152 Å². The van der Waals surface area contributed by atoms with Gasteiger partial charge in [-0.15, -0.1) is 11.3 Å². The molecule has 0 N–H and O–H groups in total. The van der Waals surface area contributed by atoms with Crippen molar-refractivity contribution in [1.29, 1.82) is 0 Å². The van der Waals surface area contributed by atoms with Crippen LogP contribution in [0, 0.1) is 0 Å². The molecule has 210 valence electrons. The van der Waals surface area contributed by atoms with Gasteiger partial charge in [-0.2, -0.15) is 0 Å². The normalized spacial score (nSPS) is 12.0. The highest BCUT2D eigenvalue weighted by Gasteiger charge is 2.19. The van der Waals surface area contributed by atoms with Gasteiger partial charge in [0.15, 0.2) is 5.58 Å². The van der Waals surface area contributed by atoms with Gasteiger partial charge >= 0.3 is 0 Å². The van der Waals surface area contributed by atoms with Crippen molar-refractivity contribution < 1.29 is 4.42 Å². The molecule has 0 aliphatic heterocycles. The summed E-state index contributed by atoms with van der Waals surface area (Å²) in [6, 6.07) is 54.6. The summed E-state index contributed by atoms with van der Waals surface area (Å²) in [5.74, 6) is 0. The first kappa shape index (κ1) is 24.8. The fourth-order valence-corrected chi connectivity index (χ4v) is 8.38. The highest BCUT2D eigenvalue weighted by Crippen LogP contribution is 2.43. The molecule has 0 aliphatic rings. The van der Waals surface area contributed by atoms with Crippen molar-refractivity contribution in [3.63, 3.8) is 0 Å². The van der Waals surface area contributed by atoms with Crippen LogP contribution >= 0.6 is 11.3 Å². The standard InChI is InChI=1S/C42H25NOS/c1-2-10-26(11-3-1)27-20-22-31-30-12-4-6-17-36(30)43(38(31)25-27)37-18-9-15-33-35-24-28(21-23-39(35)44-41(33)37)29-14-8-16-34-32-13-5-7-19-40(32)45-42(29)34/h1-25H. The summed E-state index contributed by atoms with van der Waals surface area (Å²) >= 11 is 1.87. The van der Waals surface area contributed by atoms with Gasteiger partial charge in [0.2, 0.25) is 0 Å². The molecule has 10 rings (SSSR count). The smallest absolute Gasteiger partial charge is 0.159 e. The summed E-state index contributed by atoms with van der Waals surface area (Å²) in [6.07, 6.45) is 0. The summed E-state index contributed by atoms with van der Waals surface area (Å²) in [5, 5.41) is 7.36. The van der Waals surface area contributed by atoms with E-state index in [2.05, 4.69) is 156 Å². The molecule has 0 aliphatic carbocycles. The van der Waals surface area contributed by atoms with E-state index >= 15 is 0 Å². The molecule has 0 spiro atoms. The van der Waals surface area contributed by atoms with Crippen LogP contribution in [0.15, 0.2) is 156 Å². The SMILES string of the molecule is c1ccc(-c2ccc3c4ccccc4n(-c4cccc5c4oc4ccc(-c6cccc7c6sc6ccccc67)cc45)c3c2)cc1. The summed E-state index contributed by atoms with van der Waals surface area (Å²) in [7, 11) is 0. The minimum Gasteiger partial charge on any atom is -0.454 e. The first-order valence-corrected chi connectivity index (χ1v) is 16.1. The van der Waals surface area contributed by atoms with Crippen molar-refractivity contribution in [1.82, 2.24) is 4.57 Å². The molecule has 0 unspecified atom stereocenters. The molecule has 10 aromatic rings. The zero-order valence-electron chi connectivity index (χ0n) is 24.2. The van der Waals surface area contributed by atoms with Crippen molar-refractivity contribution in [2.45, 2.75) is 0 Å². The van der Waals surface area contributed by atoms with Gasteiger partial charge in [-0.3, -0.25) is 0 Å². The summed E-state index contributed by atoms with van der Waals surface area (Å²) < 4.78 is 11.7. The van der Waals surface area contributed by atoms with Gasteiger partial charge in [0.25, 0.3) is 0 Å². The van der Waals surface area contributed by atoms with E-state index in [1.165, 1.54) is 64.2 Å². The number of hydrogen-bond donors (Lipinski definition) is 0. The molecule has 0 atom stereocenters. The lowest BCUT2D eigenvalue weighted by Crippen LogP contribution is -1.94. The van der Waals surface area contributed by atoms with Crippen LogP contribution in [0.5, 0.6) is 0 Å². The van der Waals surface area contributed by atoms with Crippen LogP contribution in [0.2, 0.25) is 0 Å². The van der Waals surface area contributed by atoms with Crippen LogP contribution in [0.4, 0.5) is 0 Å². The van der Waals surface area contributed by atoms with E-state index < -0.39 is 0 Å². The Kier molecular flexibility index (Phi) is 5.19. The topological polar surface area (TPSA) is 18.1 Å². The minimum absolute atomic E-state index is 0.899. The van der Waals surface area contributed by atoms with Gasteiger partial charge < -0.3 is 8.98 Å². The third-order valence-corrected chi connectivity index (χ3v) is 10.4. The van der Waals surface area contributed by atoms with Crippen molar-refractivity contribution in [3.8, 4) is 27.9 Å². The molecule has 0 fully saturated rings. The highest BCUT2D eigenvalue weighted by molar-refractivity contribution is 7.26. The van der Waals surface area contributed by atoms with E-state index in [-0.39, 0.29) is 0 Å². The number of rotatable bonds is 3. The van der Waals surface area contributed by atoms with E-state index in [9.17, 15) is 0 Å². The van der Waals surface area contributed by atoms with Crippen LogP contribution in [0.25, 0.3) is 91.9 Å². The number of para-hydroxylation sites is 2. The van der Waals surface area contributed by atoms with Crippen LogP contribution < -0.4 is 0 Å². The maximum absolute atomic E-state index is 6.73. The fourth-order valence-electron chi connectivity index (χ4n) is 7.14. The van der Waals surface area contributed by atoms with Crippen molar-refractivity contribution in [2.24, 2.45) is 0 Å². The number of thiophene rings is 1. The van der Waals surface area contributed by atoms with Gasteiger partial charge in [0.05, 0.1) is 16.7 Å². The van der Waals surface area contributed by atoms with Crippen LogP contribution in [0.1, 0.15) is 0 Å². The van der Waals surface area contributed by atoms with Crippen LogP contribution in [0.3, 0.4) is 0 Å². The molecule has 45 heavy (non-hydrogen) atoms. The minimum atomic E-state index is 0.899. The van der Waals surface area contributed by atoms with Gasteiger partial charge in [-0.25, -0.2) is 0 Å². The molecule has 3 heteroatoms. The molecule has 7 aromatic carbocycles. The molecule has 3 aromatic heterocycles. The fraction of sp³-hybridized carbons (Fsp3) is 0. The second-order valence-electron chi connectivity index (χ2n) is 11.7. The highest BCUT2D eigenvalue weighted by atomic mass is 32.1. The lowest BCUT2D eigenvalue weighted by Gasteiger charge is -2.09. The van der Waals surface area contributed by atoms with Gasteiger partial charge in [-0.1, -0.05) is 115 Å². The second-order valence-corrected chi connectivity index (χ2v) is 12.8. The van der Waals surface area contributed by atoms with E-state index in [4.69, 9.17) is 4.42 Å². The molecule has 0 amide bonds. The zero-order chi connectivity index (χ0) is 29.5. The van der Waals surface area contributed by atoms with Crippen LogP contribution in [-0.2, 0) is 0 Å². The molecule has 0 bridgehead atoms. The van der Waals surface area contributed by atoms with Gasteiger partial charge in [-0.05, 0) is 58.7 Å². The Balaban J connectivity index is 1.22. The van der Waals surface area contributed by atoms with E-state index in [0.29, 0.717) is 0 Å². The largest absolute Gasteiger partial charge is 0.454 e. The Morgan fingerprint density at radius 1 is 0.444 bits per heavy atom. The lowest BCUT2D eigenvalue weighted by atomic mass is 10.0. The van der Waals surface area contributed by atoms with E-state index in [1.54, 1.807) is 0 Å². The predicted molar refractivity (Wildman–Crippen MR) is 192 cm³/mol. The number of aromatic nitrogens is 1. The maximum atomic E-state index is 6.73. The first-order chi connectivity index (χ1) is 22.3. The van der Waals surface area contributed by atoms with Crippen molar-refractivity contribution in [2.75, 3.05) is 0 Å². The molecule has 0 saturated carbocycles. The number of hydrogen-bond acceptors (Lipinski definition) is 2. The Bertz CT molecular complexity index is 2760. The Labute approximate surface area is 263 Å². The average molecular weight is 592 g/mol. The second kappa shape index (κ2) is 9.43. The summed E-state index contributed by atoms with van der Waals surface area (Å²) in [4.78, 5) is 0. The summed E-state index contributed by atoms with van der Waals surface area (Å²) in [5.41, 5.74) is 10.1. The van der Waals surface area contributed by atoms with Crippen LogP contribution in [-0.4, -0.2) is 4.57 Å². The first-order valence-electron chi connectivity index (χ1n) is 15.3. The van der Waals surface area contributed by atoms with E-state index in [0.717, 1.165) is 27.6 Å². The Hall–Kier alpha value is -5.64. The lowest BCUT2D eigenvalue weighted by molar-refractivity contribution is 0.666. The third-order valence-electron chi connectivity index (χ3n) is 9.21. The molecular formula is C42H25NOS. The molecule has 2 nitrogen and oxygen atoms in total. The Morgan fingerprint density at radius 2 is 1.18 bits per heavy atom. The Morgan fingerprint density at radius 3 is 2.11 bits per heavy atom. The summed E-state index contributed by atoms with van der Waals surface area (Å²) in [6.45, 7) is 0. The zero-order valence-corrected chi connectivity index (χ0v) is 25.0. The number of nitrogens with zero attached hydrogens (tertiary/aromatic N) is 1. The quantitative estimate of drug-likeness (QED) is 0.200. The average Bonchev–Trinajstić information content (AvgIpc) is 3.77. The number of fused-ring (bicyclic) bond motifs is 9. The molecule has 0 radical (unpaired) electrons. The molecule has 3 heterocycles. The van der Waals surface area contributed by atoms with E-state index in [1.807, 2.05) is 11.3 Å². The number of benzene rings is 7.